The highest BCUT2D eigenvalue weighted by atomic mass is 35.5. The summed E-state index contributed by atoms with van der Waals surface area (Å²) in [5, 5.41) is 0. The fourth-order valence-corrected chi connectivity index (χ4v) is 0.764. The Hall–Kier alpha value is 0.0500. The van der Waals surface area contributed by atoms with Gasteiger partial charge in [-0.2, -0.15) is 0 Å². The largest absolute Gasteiger partial charge is 0.466 e. The van der Waals surface area contributed by atoms with Crippen LogP contribution < -0.4 is 0 Å². The van der Waals surface area contributed by atoms with Gasteiger partial charge in [0.05, 0.1) is 17.9 Å². The van der Waals surface area contributed by atoms with E-state index in [1.54, 1.807) is 13.8 Å². The molecule has 0 aromatic rings. The van der Waals surface area contributed by atoms with Crippen molar-refractivity contribution in [2.24, 2.45) is 0 Å². The Kier molecular flexibility index (Phi) is 4.86. The van der Waals surface area contributed by atoms with Crippen LogP contribution >= 0.6 is 23.2 Å². The fraction of sp³-hybridized carbons (Fsp3) is 0.857. The van der Waals surface area contributed by atoms with Gasteiger partial charge in [0.1, 0.15) is 0 Å². The van der Waals surface area contributed by atoms with Crippen molar-refractivity contribution in [2.75, 3.05) is 12.5 Å². The Bertz CT molecular complexity index is 134. The normalized spacial score (nSPS) is 15.6. The lowest BCUT2D eigenvalue weighted by Gasteiger charge is -2.16. The molecular formula is C7H12Cl2O2. The van der Waals surface area contributed by atoms with Crippen molar-refractivity contribution in [2.45, 2.75) is 25.1 Å². The number of hydrogen-bond acceptors (Lipinski definition) is 2. The van der Waals surface area contributed by atoms with Crippen LogP contribution in [0.25, 0.3) is 0 Å². The Morgan fingerprint density at radius 2 is 2.18 bits per heavy atom. The van der Waals surface area contributed by atoms with E-state index in [9.17, 15) is 4.79 Å². The molecule has 66 valence electrons. The molecule has 0 heterocycles. The average molecular weight is 199 g/mol. The van der Waals surface area contributed by atoms with Crippen molar-refractivity contribution in [3.8, 4) is 0 Å². The number of carbonyl (C=O) groups excluding carboxylic acids is 1. The topological polar surface area (TPSA) is 26.3 Å². The van der Waals surface area contributed by atoms with Gasteiger partial charge in [-0.1, -0.05) is 0 Å². The predicted molar refractivity (Wildman–Crippen MR) is 46.2 cm³/mol. The summed E-state index contributed by atoms with van der Waals surface area (Å²) < 4.78 is 4.70. The van der Waals surface area contributed by atoms with Gasteiger partial charge < -0.3 is 4.74 Å². The maximum absolute atomic E-state index is 10.9. The molecule has 0 N–H and O–H groups in total. The van der Waals surface area contributed by atoms with Gasteiger partial charge in [0.2, 0.25) is 0 Å². The van der Waals surface area contributed by atoms with E-state index in [1.807, 2.05) is 0 Å². The van der Waals surface area contributed by atoms with Crippen molar-refractivity contribution in [1.82, 2.24) is 0 Å². The number of carbonyl (C=O) groups is 1. The van der Waals surface area contributed by atoms with Crippen molar-refractivity contribution < 1.29 is 9.53 Å². The lowest BCUT2D eigenvalue weighted by Crippen LogP contribution is -2.24. The van der Waals surface area contributed by atoms with Crippen LogP contribution in [0.4, 0.5) is 0 Å². The number of esters is 1. The van der Waals surface area contributed by atoms with Crippen molar-refractivity contribution in [3.63, 3.8) is 0 Å². The number of hydrogen-bond donors (Lipinski definition) is 0. The second-order valence-electron chi connectivity index (χ2n) is 2.53. The molecule has 1 atom stereocenters. The summed E-state index contributed by atoms with van der Waals surface area (Å²) in [5.41, 5.74) is 0. The number of rotatable bonds is 4. The zero-order valence-corrected chi connectivity index (χ0v) is 8.21. The highest BCUT2D eigenvalue weighted by Crippen LogP contribution is 2.20. The van der Waals surface area contributed by atoms with Crippen LogP contribution in [0.3, 0.4) is 0 Å². The number of alkyl halides is 2. The minimum Gasteiger partial charge on any atom is -0.466 e. The first-order valence-electron chi connectivity index (χ1n) is 3.42. The molecule has 0 fully saturated rings. The first-order valence-corrected chi connectivity index (χ1v) is 4.33. The average Bonchev–Trinajstić information content (AvgIpc) is 1.87. The van der Waals surface area contributed by atoms with Gasteiger partial charge in [0.15, 0.2) is 0 Å². The minimum absolute atomic E-state index is 0.159. The Labute approximate surface area is 76.8 Å². The molecule has 4 heteroatoms. The maximum atomic E-state index is 10.9. The predicted octanol–water partition coefficient (Wildman–Crippen LogP) is 2.18. The summed E-state index contributed by atoms with van der Waals surface area (Å²) in [6.45, 7) is 3.84. The van der Waals surface area contributed by atoms with Gasteiger partial charge in [0, 0.05) is 5.88 Å². The van der Waals surface area contributed by atoms with Crippen LogP contribution in [0.1, 0.15) is 20.3 Å². The van der Waals surface area contributed by atoms with E-state index in [-0.39, 0.29) is 18.3 Å². The zero-order chi connectivity index (χ0) is 8.91. The van der Waals surface area contributed by atoms with E-state index in [1.165, 1.54) is 0 Å². The summed E-state index contributed by atoms with van der Waals surface area (Å²) in [4.78, 5) is 10.2. The van der Waals surface area contributed by atoms with Crippen molar-refractivity contribution >= 4 is 29.2 Å². The zero-order valence-electron chi connectivity index (χ0n) is 6.69. The van der Waals surface area contributed by atoms with E-state index in [4.69, 9.17) is 27.9 Å². The fourth-order valence-electron chi connectivity index (χ4n) is 0.560. The maximum Gasteiger partial charge on any atom is 0.307 e. The number of ether oxygens (including phenoxy) is 1. The van der Waals surface area contributed by atoms with Crippen LogP contribution in [-0.2, 0) is 9.53 Å². The third kappa shape index (κ3) is 5.33. The summed E-state index contributed by atoms with van der Waals surface area (Å²) in [6.07, 6.45) is 0.159. The molecule has 0 bridgehead atoms. The van der Waals surface area contributed by atoms with Crippen LogP contribution in [0.15, 0.2) is 0 Å². The van der Waals surface area contributed by atoms with Gasteiger partial charge in [-0.3, -0.25) is 4.79 Å². The van der Waals surface area contributed by atoms with E-state index in [2.05, 4.69) is 0 Å². The second kappa shape index (κ2) is 4.83. The second-order valence-corrected chi connectivity index (χ2v) is 3.71. The molecule has 0 aliphatic rings. The van der Waals surface area contributed by atoms with Crippen LogP contribution in [0, 0.1) is 0 Å². The lowest BCUT2D eigenvalue weighted by molar-refractivity contribution is -0.143. The van der Waals surface area contributed by atoms with E-state index in [0.717, 1.165) is 0 Å². The first kappa shape index (κ1) is 11.1. The van der Waals surface area contributed by atoms with Crippen LogP contribution in [0.5, 0.6) is 0 Å². The SMILES string of the molecule is CCOC(=O)CC(C)(Cl)CCl. The molecule has 0 amide bonds. The van der Waals surface area contributed by atoms with Gasteiger partial charge in [-0.05, 0) is 13.8 Å². The van der Waals surface area contributed by atoms with Crippen molar-refractivity contribution in [1.29, 1.82) is 0 Å². The van der Waals surface area contributed by atoms with Crippen LogP contribution in [-0.4, -0.2) is 23.3 Å². The van der Waals surface area contributed by atoms with Gasteiger partial charge in [0.25, 0.3) is 0 Å². The highest BCUT2D eigenvalue weighted by Gasteiger charge is 2.24. The summed E-state index contributed by atoms with van der Waals surface area (Å²) in [5.74, 6) is -0.0569. The Balaban J connectivity index is 3.74. The smallest absolute Gasteiger partial charge is 0.307 e. The van der Waals surface area contributed by atoms with Gasteiger partial charge in [-0.25, -0.2) is 0 Å². The molecule has 2 nitrogen and oxygen atoms in total. The Morgan fingerprint density at radius 3 is 2.55 bits per heavy atom. The summed E-state index contributed by atoms with van der Waals surface area (Å²) in [7, 11) is 0. The molecule has 0 aromatic heterocycles. The van der Waals surface area contributed by atoms with E-state index in [0.29, 0.717) is 6.61 Å². The van der Waals surface area contributed by atoms with E-state index < -0.39 is 4.87 Å². The monoisotopic (exact) mass is 198 g/mol. The molecule has 0 aliphatic carbocycles. The van der Waals surface area contributed by atoms with Gasteiger partial charge in [-0.15, -0.1) is 23.2 Å². The molecular weight excluding hydrogens is 187 g/mol. The molecule has 0 aromatic carbocycles. The lowest BCUT2D eigenvalue weighted by atomic mass is 10.1. The molecule has 0 rings (SSSR count). The highest BCUT2D eigenvalue weighted by molar-refractivity contribution is 6.31. The summed E-state index contributed by atoms with van der Waals surface area (Å²) in [6, 6.07) is 0. The standard InChI is InChI=1S/C7H12Cl2O2/c1-3-11-6(10)4-7(2,9)5-8/h3-5H2,1-2H3. The molecule has 0 saturated heterocycles. The van der Waals surface area contributed by atoms with Crippen molar-refractivity contribution in [3.05, 3.63) is 0 Å². The molecule has 0 saturated carbocycles. The molecule has 11 heavy (non-hydrogen) atoms. The minimum atomic E-state index is -0.673. The molecule has 0 spiro atoms. The third-order valence-electron chi connectivity index (χ3n) is 1.10. The number of halogens is 2. The quantitative estimate of drug-likeness (QED) is 0.512. The van der Waals surface area contributed by atoms with E-state index >= 15 is 0 Å². The molecule has 0 aliphatic heterocycles. The van der Waals surface area contributed by atoms with Gasteiger partial charge >= 0.3 is 5.97 Å². The Morgan fingerprint density at radius 1 is 1.64 bits per heavy atom. The van der Waals surface area contributed by atoms with Crippen LogP contribution in [0.2, 0.25) is 0 Å². The molecule has 0 radical (unpaired) electrons. The summed E-state index contributed by atoms with van der Waals surface area (Å²) >= 11 is 11.3. The third-order valence-corrected chi connectivity index (χ3v) is 2.09. The first-order chi connectivity index (χ1) is 5.02. The molecule has 1 unspecified atom stereocenters.